The van der Waals surface area contributed by atoms with Crippen LogP contribution in [0.15, 0.2) is 48.5 Å². The first-order valence-electron chi connectivity index (χ1n) is 6.11. The summed E-state index contributed by atoms with van der Waals surface area (Å²) >= 11 is 0. The van der Waals surface area contributed by atoms with Crippen molar-refractivity contribution in [1.82, 2.24) is 0 Å². The van der Waals surface area contributed by atoms with Crippen LogP contribution in [-0.2, 0) is 6.42 Å². The molecule has 0 radical (unpaired) electrons. The van der Waals surface area contributed by atoms with Crippen molar-refractivity contribution >= 4 is 12.2 Å². The number of hydrogen-bond donors (Lipinski definition) is 0. The molecule has 0 heteroatoms. The van der Waals surface area contributed by atoms with Gasteiger partial charge in [0.15, 0.2) is 0 Å². The van der Waals surface area contributed by atoms with Gasteiger partial charge in [-0.05, 0) is 30.0 Å². The van der Waals surface area contributed by atoms with Crippen molar-refractivity contribution in [3.63, 3.8) is 0 Å². The monoisotopic (exact) mass is 222 g/mol. The van der Waals surface area contributed by atoms with Crippen LogP contribution in [0.3, 0.4) is 0 Å². The highest BCUT2D eigenvalue weighted by Gasteiger charge is 1.90. The predicted molar refractivity (Wildman–Crippen MR) is 75.9 cm³/mol. The van der Waals surface area contributed by atoms with Gasteiger partial charge in [-0.15, -0.1) is 0 Å². The Balaban J connectivity index is 2.11. The molecule has 0 aromatic heterocycles. The smallest absolute Gasteiger partial charge is 0.0256 e. The number of aryl methyl sites for hydroxylation is 2. The molecule has 0 saturated carbocycles. The minimum Gasteiger partial charge on any atom is -0.0613 e. The van der Waals surface area contributed by atoms with Gasteiger partial charge in [-0.2, -0.15) is 0 Å². The largest absolute Gasteiger partial charge is 0.0613 e. The maximum absolute atomic E-state index is 2.19. The molecule has 86 valence electrons. The quantitative estimate of drug-likeness (QED) is 0.659. The molecule has 0 nitrogen and oxygen atoms in total. The zero-order chi connectivity index (χ0) is 12.1. The van der Waals surface area contributed by atoms with E-state index in [9.17, 15) is 0 Å². The van der Waals surface area contributed by atoms with E-state index in [2.05, 4.69) is 74.5 Å². The molecule has 0 aliphatic carbocycles. The SMILES string of the molecule is CCc1ccc(/C=C\c2ccc(C)cc2)cc1. The van der Waals surface area contributed by atoms with Crippen molar-refractivity contribution in [2.24, 2.45) is 0 Å². The van der Waals surface area contributed by atoms with Crippen molar-refractivity contribution in [3.05, 3.63) is 70.8 Å². The van der Waals surface area contributed by atoms with Gasteiger partial charge < -0.3 is 0 Å². The Morgan fingerprint density at radius 2 is 1.24 bits per heavy atom. The topological polar surface area (TPSA) is 0 Å². The van der Waals surface area contributed by atoms with E-state index in [1.165, 1.54) is 22.3 Å². The standard InChI is InChI=1S/C17H18/c1-3-15-8-10-17(11-9-15)13-12-16-6-4-14(2)5-7-16/h4-13H,3H2,1-2H3/b13-12-. The summed E-state index contributed by atoms with van der Waals surface area (Å²) < 4.78 is 0. The highest BCUT2D eigenvalue weighted by molar-refractivity contribution is 5.69. The summed E-state index contributed by atoms with van der Waals surface area (Å²) in [6.45, 7) is 4.29. The molecule has 0 bridgehead atoms. The minimum atomic E-state index is 1.10. The van der Waals surface area contributed by atoms with Crippen LogP contribution in [0.2, 0.25) is 0 Å². The maximum Gasteiger partial charge on any atom is -0.0256 e. The Labute approximate surface area is 104 Å². The highest BCUT2D eigenvalue weighted by Crippen LogP contribution is 2.10. The first-order valence-corrected chi connectivity index (χ1v) is 6.11. The summed E-state index contributed by atoms with van der Waals surface area (Å²) in [5.41, 5.74) is 5.19. The van der Waals surface area contributed by atoms with Gasteiger partial charge in [-0.25, -0.2) is 0 Å². The fraction of sp³-hybridized carbons (Fsp3) is 0.176. The van der Waals surface area contributed by atoms with E-state index in [1.54, 1.807) is 0 Å². The molecular formula is C17H18. The van der Waals surface area contributed by atoms with E-state index in [0.29, 0.717) is 0 Å². The van der Waals surface area contributed by atoms with Crippen molar-refractivity contribution < 1.29 is 0 Å². The molecule has 2 rings (SSSR count). The Morgan fingerprint density at radius 1 is 0.765 bits per heavy atom. The van der Waals surface area contributed by atoms with Crippen LogP contribution in [0.1, 0.15) is 29.2 Å². The summed E-state index contributed by atoms with van der Waals surface area (Å²) in [6, 6.07) is 17.3. The number of benzene rings is 2. The minimum absolute atomic E-state index is 1.10. The lowest BCUT2D eigenvalue weighted by Crippen LogP contribution is -1.79. The average molecular weight is 222 g/mol. The third kappa shape index (κ3) is 3.32. The molecule has 0 atom stereocenters. The number of hydrogen-bond acceptors (Lipinski definition) is 0. The predicted octanol–water partition coefficient (Wildman–Crippen LogP) is 4.73. The summed E-state index contributed by atoms with van der Waals surface area (Å²) in [5.74, 6) is 0. The summed E-state index contributed by atoms with van der Waals surface area (Å²) in [6.07, 6.45) is 5.41. The van der Waals surface area contributed by atoms with E-state index in [4.69, 9.17) is 0 Å². The summed E-state index contributed by atoms with van der Waals surface area (Å²) in [5, 5.41) is 0. The molecular weight excluding hydrogens is 204 g/mol. The maximum atomic E-state index is 2.19. The van der Waals surface area contributed by atoms with Gasteiger partial charge in [0, 0.05) is 0 Å². The molecule has 2 aromatic carbocycles. The lowest BCUT2D eigenvalue weighted by molar-refractivity contribution is 1.14. The fourth-order valence-corrected chi connectivity index (χ4v) is 1.73. The Hall–Kier alpha value is -1.82. The molecule has 0 unspecified atom stereocenters. The van der Waals surface area contributed by atoms with Crippen LogP contribution in [-0.4, -0.2) is 0 Å². The third-order valence-electron chi connectivity index (χ3n) is 2.93. The Bertz CT molecular complexity index is 487. The van der Waals surface area contributed by atoms with Crippen molar-refractivity contribution in [1.29, 1.82) is 0 Å². The van der Waals surface area contributed by atoms with Gasteiger partial charge in [0.2, 0.25) is 0 Å². The zero-order valence-electron chi connectivity index (χ0n) is 10.5. The second-order valence-electron chi connectivity index (χ2n) is 4.34. The van der Waals surface area contributed by atoms with E-state index in [-0.39, 0.29) is 0 Å². The molecule has 0 aliphatic heterocycles. The van der Waals surface area contributed by atoms with Crippen molar-refractivity contribution in [3.8, 4) is 0 Å². The second-order valence-corrected chi connectivity index (χ2v) is 4.34. The second kappa shape index (κ2) is 5.49. The van der Waals surface area contributed by atoms with Crippen LogP contribution >= 0.6 is 0 Å². The fourth-order valence-electron chi connectivity index (χ4n) is 1.73. The molecule has 17 heavy (non-hydrogen) atoms. The zero-order valence-corrected chi connectivity index (χ0v) is 10.5. The van der Waals surface area contributed by atoms with Gasteiger partial charge >= 0.3 is 0 Å². The van der Waals surface area contributed by atoms with E-state index in [0.717, 1.165) is 6.42 Å². The summed E-state index contributed by atoms with van der Waals surface area (Å²) in [7, 11) is 0. The van der Waals surface area contributed by atoms with Gasteiger partial charge in [0.25, 0.3) is 0 Å². The van der Waals surface area contributed by atoms with Gasteiger partial charge in [0.1, 0.15) is 0 Å². The van der Waals surface area contributed by atoms with E-state index in [1.807, 2.05) is 0 Å². The molecule has 0 saturated heterocycles. The van der Waals surface area contributed by atoms with E-state index < -0.39 is 0 Å². The van der Waals surface area contributed by atoms with Crippen LogP contribution in [0.5, 0.6) is 0 Å². The lowest BCUT2D eigenvalue weighted by atomic mass is 10.1. The molecule has 0 spiro atoms. The molecule has 0 N–H and O–H groups in total. The molecule has 0 amide bonds. The lowest BCUT2D eigenvalue weighted by Gasteiger charge is -1.98. The number of rotatable bonds is 3. The highest BCUT2D eigenvalue weighted by atomic mass is 14.0. The Morgan fingerprint density at radius 3 is 1.71 bits per heavy atom. The van der Waals surface area contributed by atoms with Crippen LogP contribution in [0.25, 0.3) is 12.2 Å². The molecule has 0 fully saturated rings. The summed E-state index contributed by atoms with van der Waals surface area (Å²) in [4.78, 5) is 0. The van der Waals surface area contributed by atoms with Gasteiger partial charge in [-0.1, -0.05) is 73.2 Å². The normalized spacial score (nSPS) is 10.9. The third-order valence-corrected chi connectivity index (χ3v) is 2.93. The average Bonchev–Trinajstić information content (AvgIpc) is 2.39. The first-order chi connectivity index (χ1) is 8.28. The Kier molecular flexibility index (Phi) is 3.77. The first kappa shape index (κ1) is 11.7. The van der Waals surface area contributed by atoms with Crippen LogP contribution in [0, 0.1) is 6.92 Å². The molecule has 0 heterocycles. The van der Waals surface area contributed by atoms with Gasteiger partial charge in [0.05, 0.1) is 0 Å². The van der Waals surface area contributed by atoms with Crippen molar-refractivity contribution in [2.45, 2.75) is 20.3 Å². The molecule has 2 aromatic rings. The van der Waals surface area contributed by atoms with Crippen LogP contribution < -0.4 is 0 Å². The van der Waals surface area contributed by atoms with Crippen molar-refractivity contribution in [2.75, 3.05) is 0 Å². The van der Waals surface area contributed by atoms with Crippen LogP contribution in [0.4, 0.5) is 0 Å². The van der Waals surface area contributed by atoms with Gasteiger partial charge in [-0.3, -0.25) is 0 Å². The molecule has 0 aliphatic rings. The van der Waals surface area contributed by atoms with E-state index >= 15 is 0 Å².